The van der Waals surface area contributed by atoms with Crippen molar-refractivity contribution in [1.82, 2.24) is 14.9 Å². The molecule has 1 atom stereocenters. The highest BCUT2D eigenvalue weighted by molar-refractivity contribution is 7.99. The van der Waals surface area contributed by atoms with Gasteiger partial charge in [-0.05, 0) is 66.5 Å². The zero-order valence-corrected chi connectivity index (χ0v) is 19.6. The minimum absolute atomic E-state index is 0.0862. The second-order valence-electron chi connectivity index (χ2n) is 8.15. The molecule has 1 amide bonds. The van der Waals surface area contributed by atoms with Crippen LogP contribution in [0.15, 0.2) is 69.9 Å². The molecule has 1 unspecified atom stereocenters. The van der Waals surface area contributed by atoms with Crippen LogP contribution < -0.4 is 10.9 Å². The fourth-order valence-electron chi connectivity index (χ4n) is 3.84. The normalized spacial score (nSPS) is 14.4. The number of fused-ring (bicyclic) bond motifs is 1. The van der Waals surface area contributed by atoms with Gasteiger partial charge < -0.3 is 5.32 Å². The first kappa shape index (κ1) is 21.9. The molecule has 0 aliphatic heterocycles. The third kappa shape index (κ3) is 4.58. The Hall–Kier alpha value is -2.97. The van der Waals surface area contributed by atoms with Crippen LogP contribution in [-0.4, -0.2) is 21.2 Å². The molecular weight excluding hydrogens is 457 g/mol. The molecule has 5 rings (SSSR count). The van der Waals surface area contributed by atoms with Crippen LogP contribution in [0.5, 0.6) is 0 Å². The molecule has 2 aromatic heterocycles. The Labute approximate surface area is 198 Å². The van der Waals surface area contributed by atoms with Gasteiger partial charge in [-0.3, -0.25) is 14.2 Å². The van der Waals surface area contributed by atoms with E-state index in [0.29, 0.717) is 16.5 Å². The summed E-state index contributed by atoms with van der Waals surface area (Å²) < 4.78 is 14.8. The molecule has 1 N–H and O–H groups in total. The first-order valence-corrected chi connectivity index (χ1v) is 12.6. The van der Waals surface area contributed by atoms with Crippen molar-refractivity contribution in [2.24, 2.45) is 0 Å². The molecule has 8 heteroatoms. The molecule has 1 saturated carbocycles. The molecule has 1 aliphatic rings. The van der Waals surface area contributed by atoms with E-state index in [2.05, 4.69) is 10.7 Å². The van der Waals surface area contributed by atoms with Crippen molar-refractivity contribution in [2.75, 3.05) is 5.75 Å². The SMILES string of the molecule is CC(NC(=O)CSc1nc2scc(C3CC3)c2c(=O)n1-c1ccccc1)c1ccc(F)cc1. The van der Waals surface area contributed by atoms with Gasteiger partial charge in [-0.2, -0.15) is 0 Å². The molecule has 0 saturated heterocycles. The van der Waals surface area contributed by atoms with Crippen molar-refractivity contribution in [1.29, 1.82) is 0 Å². The topological polar surface area (TPSA) is 64.0 Å². The Morgan fingerprint density at radius 1 is 1.21 bits per heavy atom. The molecule has 0 bridgehead atoms. The number of halogens is 1. The van der Waals surface area contributed by atoms with Gasteiger partial charge in [0.1, 0.15) is 10.6 Å². The minimum atomic E-state index is -0.313. The molecule has 2 aromatic carbocycles. The van der Waals surface area contributed by atoms with Crippen molar-refractivity contribution in [3.8, 4) is 5.69 Å². The molecule has 4 aromatic rings. The van der Waals surface area contributed by atoms with Crippen LogP contribution in [0.1, 0.15) is 42.9 Å². The first-order chi connectivity index (χ1) is 16.0. The number of rotatable bonds is 7. The third-order valence-corrected chi connectivity index (χ3v) is 7.55. The lowest BCUT2D eigenvalue weighted by Crippen LogP contribution is -2.29. The predicted octanol–water partition coefficient (Wildman–Crippen LogP) is 5.43. The van der Waals surface area contributed by atoms with Gasteiger partial charge in [0.2, 0.25) is 5.91 Å². The fourth-order valence-corrected chi connectivity index (χ4v) is 5.72. The Morgan fingerprint density at radius 3 is 2.64 bits per heavy atom. The number of nitrogens with zero attached hydrogens (tertiary/aromatic N) is 2. The average Bonchev–Trinajstić information content (AvgIpc) is 3.57. The van der Waals surface area contributed by atoms with Crippen LogP contribution in [0.3, 0.4) is 0 Å². The van der Waals surface area contributed by atoms with Gasteiger partial charge >= 0.3 is 0 Å². The maximum absolute atomic E-state index is 13.6. The molecule has 1 fully saturated rings. The number of carbonyl (C=O) groups is 1. The number of nitrogens with one attached hydrogen (secondary N) is 1. The van der Waals surface area contributed by atoms with Crippen molar-refractivity contribution in [3.63, 3.8) is 0 Å². The van der Waals surface area contributed by atoms with E-state index in [1.165, 1.54) is 35.2 Å². The smallest absolute Gasteiger partial charge is 0.267 e. The Bertz CT molecular complexity index is 1360. The number of hydrogen-bond donors (Lipinski definition) is 1. The van der Waals surface area contributed by atoms with Gasteiger partial charge in [0.25, 0.3) is 5.56 Å². The van der Waals surface area contributed by atoms with Crippen molar-refractivity contribution >= 4 is 39.2 Å². The van der Waals surface area contributed by atoms with Crippen LogP contribution in [-0.2, 0) is 4.79 Å². The summed E-state index contributed by atoms with van der Waals surface area (Å²) >= 11 is 2.73. The number of para-hydroxylation sites is 1. The summed E-state index contributed by atoms with van der Waals surface area (Å²) in [6.45, 7) is 1.85. The molecule has 33 heavy (non-hydrogen) atoms. The molecule has 0 radical (unpaired) electrons. The number of benzene rings is 2. The Kier molecular flexibility index (Phi) is 6.03. The zero-order chi connectivity index (χ0) is 22.9. The van der Waals surface area contributed by atoms with Gasteiger partial charge in [-0.25, -0.2) is 9.37 Å². The average molecular weight is 480 g/mol. The van der Waals surface area contributed by atoms with E-state index in [1.807, 2.05) is 37.3 Å². The van der Waals surface area contributed by atoms with E-state index in [1.54, 1.807) is 16.7 Å². The maximum Gasteiger partial charge on any atom is 0.267 e. The Morgan fingerprint density at radius 2 is 1.94 bits per heavy atom. The predicted molar refractivity (Wildman–Crippen MR) is 131 cm³/mol. The summed E-state index contributed by atoms with van der Waals surface area (Å²) in [7, 11) is 0. The summed E-state index contributed by atoms with van der Waals surface area (Å²) in [6, 6.07) is 15.2. The van der Waals surface area contributed by atoms with Crippen LogP contribution >= 0.6 is 23.1 Å². The lowest BCUT2D eigenvalue weighted by molar-refractivity contribution is -0.119. The van der Waals surface area contributed by atoms with E-state index >= 15 is 0 Å². The second-order valence-corrected chi connectivity index (χ2v) is 9.95. The summed E-state index contributed by atoms with van der Waals surface area (Å²) in [4.78, 5) is 31.7. The number of thioether (sulfide) groups is 1. The lowest BCUT2D eigenvalue weighted by atomic mass is 10.1. The highest BCUT2D eigenvalue weighted by Crippen LogP contribution is 2.44. The number of hydrogen-bond acceptors (Lipinski definition) is 5. The quantitative estimate of drug-likeness (QED) is 0.283. The summed E-state index contributed by atoms with van der Waals surface area (Å²) in [5.41, 5.74) is 2.56. The minimum Gasteiger partial charge on any atom is -0.349 e. The standard InChI is InChI=1S/C25H22FN3O2S2/c1-15(16-9-11-18(26)12-10-16)27-21(30)14-33-25-28-23-22(20(13-32-23)17-7-8-17)24(31)29(25)19-5-3-2-4-6-19/h2-6,9-13,15,17H,7-8,14H2,1H3,(H,27,30). The van der Waals surface area contributed by atoms with E-state index in [9.17, 15) is 14.0 Å². The number of amides is 1. The monoisotopic (exact) mass is 479 g/mol. The van der Waals surface area contributed by atoms with Crippen molar-refractivity contribution in [3.05, 3.63) is 87.3 Å². The third-order valence-electron chi connectivity index (χ3n) is 5.72. The van der Waals surface area contributed by atoms with Gasteiger partial charge in [0.05, 0.1) is 22.9 Å². The van der Waals surface area contributed by atoms with Crippen LogP contribution in [0, 0.1) is 5.82 Å². The van der Waals surface area contributed by atoms with Gasteiger partial charge in [0, 0.05) is 0 Å². The summed E-state index contributed by atoms with van der Waals surface area (Å²) in [5.74, 6) is 0.0638. The highest BCUT2D eigenvalue weighted by Gasteiger charge is 2.29. The number of carbonyl (C=O) groups excluding carboxylic acids is 1. The van der Waals surface area contributed by atoms with Gasteiger partial charge in [0.15, 0.2) is 5.16 Å². The van der Waals surface area contributed by atoms with Gasteiger partial charge in [-0.1, -0.05) is 42.1 Å². The largest absolute Gasteiger partial charge is 0.349 e. The second kappa shape index (κ2) is 9.11. The zero-order valence-electron chi connectivity index (χ0n) is 18.0. The van der Waals surface area contributed by atoms with Gasteiger partial charge in [-0.15, -0.1) is 11.3 Å². The fraction of sp³-hybridized carbons (Fsp3) is 0.240. The van der Waals surface area contributed by atoms with E-state index in [0.717, 1.165) is 34.5 Å². The van der Waals surface area contributed by atoms with Crippen LogP contribution in [0.25, 0.3) is 15.9 Å². The van der Waals surface area contributed by atoms with Crippen molar-refractivity contribution < 1.29 is 9.18 Å². The molecule has 168 valence electrons. The van der Waals surface area contributed by atoms with Crippen molar-refractivity contribution in [2.45, 2.75) is 36.9 Å². The highest BCUT2D eigenvalue weighted by atomic mass is 32.2. The molecule has 2 heterocycles. The summed E-state index contributed by atoms with van der Waals surface area (Å²) in [5, 5.41) is 6.17. The summed E-state index contributed by atoms with van der Waals surface area (Å²) in [6.07, 6.45) is 2.22. The van der Waals surface area contributed by atoms with E-state index in [-0.39, 0.29) is 29.1 Å². The molecular formula is C25H22FN3O2S2. The molecule has 0 spiro atoms. The van der Waals surface area contributed by atoms with E-state index in [4.69, 9.17) is 4.98 Å². The molecule has 5 nitrogen and oxygen atoms in total. The Balaban J connectivity index is 1.42. The lowest BCUT2D eigenvalue weighted by Gasteiger charge is -2.15. The van der Waals surface area contributed by atoms with Crippen LogP contribution in [0.4, 0.5) is 4.39 Å². The van der Waals surface area contributed by atoms with Crippen LogP contribution in [0.2, 0.25) is 0 Å². The maximum atomic E-state index is 13.6. The number of thiophene rings is 1. The number of aromatic nitrogens is 2. The molecule has 1 aliphatic carbocycles. The first-order valence-electron chi connectivity index (χ1n) is 10.8. The van der Waals surface area contributed by atoms with E-state index < -0.39 is 0 Å².